The van der Waals surface area contributed by atoms with Crippen LogP contribution in [-0.4, -0.2) is 29.4 Å². The highest BCUT2D eigenvalue weighted by Crippen LogP contribution is 2.12. The molecule has 0 atom stereocenters. The molecule has 0 aliphatic heterocycles. The first-order valence-electron chi connectivity index (χ1n) is 7.13. The SMILES string of the molecule is CCNC(=NCc1ncc(C)s1)N(C)Cc1ccccc1. The van der Waals surface area contributed by atoms with Crippen LogP contribution < -0.4 is 5.32 Å². The molecule has 1 aromatic carbocycles. The monoisotopic (exact) mass is 302 g/mol. The summed E-state index contributed by atoms with van der Waals surface area (Å²) in [5.41, 5.74) is 1.27. The minimum Gasteiger partial charge on any atom is -0.357 e. The second kappa shape index (κ2) is 7.78. The molecule has 0 amide bonds. The highest BCUT2D eigenvalue weighted by Gasteiger charge is 2.07. The Bertz CT molecular complexity index is 577. The molecule has 1 N–H and O–H groups in total. The van der Waals surface area contributed by atoms with Crippen molar-refractivity contribution in [2.24, 2.45) is 4.99 Å². The van der Waals surface area contributed by atoms with Gasteiger partial charge >= 0.3 is 0 Å². The Labute approximate surface area is 130 Å². The fraction of sp³-hybridized carbons (Fsp3) is 0.375. The van der Waals surface area contributed by atoms with Crippen molar-refractivity contribution in [3.63, 3.8) is 0 Å². The summed E-state index contributed by atoms with van der Waals surface area (Å²) in [7, 11) is 2.06. The topological polar surface area (TPSA) is 40.5 Å². The Morgan fingerprint density at radius 2 is 2.10 bits per heavy atom. The Hall–Kier alpha value is -1.88. The summed E-state index contributed by atoms with van der Waals surface area (Å²) >= 11 is 1.70. The molecular weight excluding hydrogens is 280 g/mol. The number of aryl methyl sites for hydroxylation is 1. The number of guanidine groups is 1. The van der Waals surface area contributed by atoms with E-state index in [0.29, 0.717) is 6.54 Å². The van der Waals surface area contributed by atoms with Crippen molar-refractivity contribution in [3.05, 3.63) is 52.0 Å². The Balaban J connectivity index is 2.02. The van der Waals surface area contributed by atoms with Crippen LogP contribution in [0.4, 0.5) is 0 Å². The highest BCUT2D eigenvalue weighted by atomic mass is 32.1. The number of hydrogen-bond acceptors (Lipinski definition) is 3. The minimum atomic E-state index is 0.625. The van der Waals surface area contributed by atoms with Crippen molar-refractivity contribution >= 4 is 17.3 Å². The van der Waals surface area contributed by atoms with Gasteiger partial charge in [-0.3, -0.25) is 0 Å². The molecule has 0 aliphatic rings. The molecule has 1 aromatic heterocycles. The van der Waals surface area contributed by atoms with E-state index in [9.17, 15) is 0 Å². The predicted molar refractivity (Wildman–Crippen MR) is 89.6 cm³/mol. The molecule has 2 rings (SSSR count). The number of benzene rings is 1. The average Bonchev–Trinajstić information content (AvgIpc) is 2.90. The zero-order valence-electron chi connectivity index (χ0n) is 12.8. The maximum absolute atomic E-state index is 4.67. The third kappa shape index (κ3) is 4.86. The van der Waals surface area contributed by atoms with Gasteiger partial charge in [-0.15, -0.1) is 11.3 Å². The Kier molecular flexibility index (Phi) is 5.75. The molecule has 0 saturated carbocycles. The van der Waals surface area contributed by atoms with Gasteiger partial charge in [0, 0.05) is 31.2 Å². The largest absolute Gasteiger partial charge is 0.357 e. The molecule has 21 heavy (non-hydrogen) atoms. The first-order chi connectivity index (χ1) is 10.2. The molecule has 112 valence electrons. The quantitative estimate of drug-likeness (QED) is 0.682. The normalized spacial score (nSPS) is 11.5. The third-order valence-electron chi connectivity index (χ3n) is 2.99. The number of aliphatic imine (C=N–C) groups is 1. The summed E-state index contributed by atoms with van der Waals surface area (Å²) in [6.45, 7) is 6.47. The van der Waals surface area contributed by atoms with Crippen LogP contribution in [0.15, 0.2) is 41.5 Å². The molecule has 0 radical (unpaired) electrons. The van der Waals surface area contributed by atoms with E-state index in [1.807, 2.05) is 12.3 Å². The first-order valence-corrected chi connectivity index (χ1v) is 7.95. The number of hydrogen-bond donors (Lipinski definition) is 1. The Morgan fingerprint density at radius 3 is 2.71 bits per heavy atom. The van der Waals surface area contributed by atoms with E-state index in [2.05, 4.69) is 65.4 Å². The van der Waals surface area contributed by atoms with Crippen LogP contribution >= 0.6 is 11.3 Å². The number of aromatic nitrogens is 1. The molecule has 0 spiro atoms. The van der Waals surface area contributed by atoms with Gasteiger partial charge < -0.3 is 10.2 Å². The zero-order valence-corrected chi connectivity index (χ0v) is 13.7. The predicted octanol–water partition coefficient (Wildman–Crippen LogP) is 3.05. The standard InChI is InChI=1S/C16H22N4S/c1-4-17-16(19-11-15-18-10-13(2)21-15)20(3)12-14-8-6-5-7-9-14/h5-10H,4,11-12H2,1-3H3,(H,17,19). The molecular formula is C16H22N4S. The fourth-order valence-electron chi connectivity index (χ4n) is 2.02. The number of nitrogens with zero attached hydrogens (tertiary/aromatic N) is 3. The fourth-order valence-corrected chi connectivity index (χ4v) is 2.73. The number of thiazole rings is 1. The van der Waals surface area contributed by atoms with Crippen molar-refractivity contribution in [1.82, 2.24) is 15.2 Å². The van der Waals surface area contributed by atoms with Crippen molar-refractivity contribution in [2.75, 3.05) is 13.6 Å². The van der Waals surface area contributed by atoms with Crippen LogP contribution in [-0.2, 0) is 13.1 Å². The van der Waals surface area contributed by atoms with E-state index >= 15 is 0 Å². The molecule has 0 aliphatic carbocycles. The van der Waals surface area contributed by atoms with E-state index < -0.39 is 0 Å². The van der Waals surface area contributed by atoms with Crippen LogP contribution in [0.2, 0.25) is 0 Å². The lowest BCUT2D eigenvalue weighted by Crippen LogP contribution is -2.38. The molecule has 0 fully saturated rings. The summed E-state index contributed by atoms with van der Waals surface area (Å²) < 4.78 is 0. The summed E-state index contributed by atoms with van der Waals surface area (Å²) in [5, 5.41) is 4.38. The second-order valence-corrected chi connectivity index (χ2v) is 6.20. The Morgan fingerprint density at radius 1 is 1.33 bits per heavy atom. The molecule has 1 heterocycles. The van der Waals surface area contributed by atoms with Gasteiger partial charge in [-0.25, -0.2) is 9.98 Å². The summed E-state index contributed by atoms with van der Waals surface area (Å²) in [4.78, 5) is 12.4. The average molecular weight is 302 g/mol. The second-order valence-electron chi connectivity index (χ2n) is 4.88. The van der Waals surface area contributed by atoms with E-state index in [1.165, 1.54) is 10.4 Å². The van der Waals surface area contributed by atoms with E-state index in [-0.39, 0.29) is 0 Å². The number of rotatable bonds is 5. The smallest absolute Gasteiger partial charge is 0.194 e. The maximum atomic E-state index is 4.67. The zero-order chi connectivity index (χ0) is 15.1. The van der Waals surface area contributed by atoms with Gasteiger partial charge in [0.25, 0.3) is 0 Å². The lowest BCUT2D eigenvalue weighted by molar-refractivity contribution is 0.477. The highest BCUT2D eigenvalue weighted by molar-refractivity contribution is 7.11. The van der Waals surface area contributed by atoms with Gasteiger partial charge in [-0.05, 0) is 19.4 Å². The third-order valence-corrected chi connectivity index (χ3v) is 3.89. The van der Waals surface area contributed by atoms with Gasteiger partial charge in [-0.1, -0.05) is 30.3 Å². The van der Waals surface area contributed by atoms with Crippen LogP contribution in [0, 0.1) is 6.92 Å². The molecule has 2 aromatic rings. The lowest BCUT2D eigenvalue weighted by atomic mass is 10.2. The van der Waals surface area contributed by atoms with Gasteiger partial charge in [-0.2, -0.15) is 0 Å². The molecule has 4 nitrogen and oxygen atoms in total. The first kappa shape index (κ1) is 15.5. The van der Waals surface area contributed by atoms with Gasteiger partial charge in [0.05, 0.1) is 6.54 Å². The van der Waals surface area contributed by atoms with Crippen LogP contribution in [0.25, 0.3) is 0 Å². The van der Waals surface area contributed by atoms with E-state index in [4.69, 9.17) is 0 Å². The molecule has 0 unspecified atom stereocenters. The van der Waals surface area contributed by atoms with E-state index in [0.717, 1.165) is 24.1 Å². The van der Waals surface area contributed by atoms with Crippen LogP contribution in [0.3, 0.4) is 0 Å². The molecule has 0 bridgehead atoms. The van der Waals surface area contributed by atoms with Gasteiger partial charge in [0.15, 0.2) is 5.96 Å². The van der Waals surface area contributed by atoms with Gasteiger partial charge in [0.2, 0.25) is 0 Å². The van der Waals surface area contributed by atoms with Crippen molar-refractivity contribution in [2.45, 2.75) is 26.9 Å². The van der Waals surface area contributed by atoms with E-state index in [1.54, 1.807) is 11.3 Å². The number of nitrogens with one attached hydrogen (secondary N) is 1. The summed E-state index contributed by atoms with van der Waals surface area (Å²) in [6.07, 6.45) is 1.90. The van der Waals surface area contributed by atoms with Crippen molar-refractivity contribution < 1.29 is 0 Å². The van der Waals surface area contributed by atoms with Crippen LogP contribution in [0.1, 0.15) is 22.4 Å². The minimum absolute atomic E-state index is 0.625. The molecule has 0 saturated heterocycles. The summed E-state index contributed by atoms with van der Waals surface area (Å²) in [6, 6.07) is 10.4. The van der Waals surface area contributed by atoms with Crippen LogP contribution in [0.5, 0.6) is 0 Å². The van der Waals surface area contributed by atoms with Gasteiger partial charge in [0.1, 0.15) is 5.01 Å². The van der Waals surface area contributed by atoms with Crippen molar-refractivity contribution in [3.8, 4) is 0 Å². The van der Waals surface area contributed by atoms with Crippen molar-refractivity contribution in [1.29, 1.82) is 0 Å². The maximum Gasteiger partial charge on any atom is 0.194 e. The summed E-state index contributed by atoms with van der Waals surface area (Å²) in [5.74, 6) is 0.911. The molecule has 5 heteroatoms. The lowest BCUT2D eigenvalue weighted by Gasteiger charge is -2.22.